The monoisotopic (exact) mass is 240 g/mol. The van der Waals surface area contributed by atoms with Crippen LogP contribution < -0.4 is 0 Å². The van der Waals surface area contributed by atoms with Crippen molar-refractivity contribution in [3.05, 3.63) is 16.1 Å². The van der Waals surface area contributed by atoms with Crippen LogP contribution in [0, 0.1) is 0 Å². The van der Waals surface area contributed by atoms with Gasteiger partial charge in [0.05, 0.1) is 18.3 Å². The van der Waals surface area contributed by atoms with E-state index < -0.39 is 0 Å². The van der Waals surface area contributed by atoms with Crippen LogP contribution >= 0.6 is 11.3 Å². The first-order valence-corrected chi connectivity index (χ1v) is 6.25. The van der Waals surface area contributed by atoms with Gasteiger partial charge in [-0.1, -0.05) is 0 Å². The van der Waals surface area contributed by atoms with E-state index in [2.05, 4.69) is 21.7 Å². The van der Waals surface area contributed by atoms with Gasteiger partial charge in [0.1, 0.15) is 4.88 Å². The Balaban J connectivity index is 2.04. The smallest absolute Gasteiger partial charge is 0.349 e. The lowest BCUT2D eigenvalue weighted by Crippen LogP contribution is -2.29. The molecule has 5 heteroatoms. The number of aromatic nitrogens is 1. The molecule has 2 heterocycles. The van der Waals surface area contributed by atoms with Gasteiger partial charge in [0.25, 0.3) is 0 Å². The summed E-state index contributed by atoms with van der Waals surface area (Å²) in [5, 5.41) is 1.08. The molecule has 88 valence electrons. The van der Waals surface area contributed by atoms with Crippen molar-refractivity contribution >= 4 is 17.3 Å². The van der Waals surface area contributed by atoms with E-state index in [9.17, 15) is 4.79 Å². The van der Waals surface area contributed by atoms with Crippen molar-refractivity contribution in [2.24, 2.45) is 0 Å². The summed E-state index contributed by atoms with van der Waals surface area (Å²) in [7, 11) is 3.54. The number of rotatable bonds is 2. The quantitative estimate of drug-likeness (QED) is 0.738. The maximum atomic E-state index is 11.3. The molecule has 0 spiro atoms. The number of esters is 1. The Hall–Kier alpha value is -0.940. The van der Waals surface area contributed by atoms with Crippen molar-refractivity contribution < 1.29 is 9.53 Å². The standard InChI is InChI=1S/C11H16N2O2S/c1-13-5-3-8(4-6-13)10-12-7-9(16-10)11(14)15-2/h7-8H,3-6H2,1-2H3. The highest BCUT2D eigenvalue weighted by molar-refractivity contribution is 7.13. The summed E-state index contributed by atoms with van der Waals surface area (Å²) in [5.41, 5.74) is 0. The van der Waals surface area contributed by atoms with Gasteiger partial charge in [0.15, 0.2) is 0 Å². The van der Waals surface area contributed by atoms with E-state index in [-0.39, 0.29) is 5.97 Å². The van der Waals surface area contributed by atoms with Gasteiger partial charge in [0.2, 0.25) is 0 Å². The first kappa shape index (κ1) is 11.5. The van der Waals surface area contributed by atoms with Crippen LogP contribution in [0.1, 0.15) is 33.4 Å². The van der Waals surface area contributed by atoms with Gasteiger partial charge in [-0.05, 0) is 33.0 Å². The normalized spacial score (nSPS) is 18.6. The third-order valence-electron chi connectivity index (χ3n) is 2.98. The fourth-order valence-corrected chi connectivity index (χ4v) is 2.93. The molecular formula is C11H16N2O2S. The number of likely N-dealkylation sites (tertiary alicyclic amines) is 1. The van der Waals surface area contributed by atoms with Crippen molar-refractivity contribution in [2.75, 3.05) is 27.2 Å². The Bertz CT molecular complexity index is 370. The molecule has 0 aliphatic carbocycles. The minimum absolute atomic E-state index is 0.281. The van der Waals surface area contributed by atoms with E-state index in [1.165, 1.54) is 18.4 Å². The second-order valence-electron chi connectivity index (χ2n) is 4.13. The highest BCUT2D eigenvalue weighted by Crippen LogP contribution is 2.30. The van der Waals surface area contributed by atoms with Gasteiger partial charge in [-0.15, -0.1) is 11.3 Å². The summed E-state index contributed by atoms with van der Waals surface area (Å²) in [4.78, 5) is 18.6. The number of hydrogen-bond acceptors (Lipinski definition) is 5. The fraction of sp³-hybridized carbons (Fsp3) is 0.636. The second-order valence-corrected chi connectivity index (χ2v) is 5.19. The number of piperidine rings is 1. The van der Waals surface area contributed by atoms with E-state index in [4.69, 9.17) is 0 Å². The number of ether oxygens (including phenoxy) is 1. The molecule has 0 atom stereocenters. The molecule has 0 bridgehead atoms. The molecule has 4 nitrogen and oxygen atoms in total. The number of thiazole rings is 1. The molecule has 1 aromatic rings. The summed E-state index contributed by atoms with van der Waals surface area (Å²) in [6.45, 7) is 2.22. The number of hydrogen-bond donors (Lipinski definition) is 0. The third-order valence-corrected chi connectivity index (χ3v) is 4.12. The number of methoxy groups -OCH3 is 1. The highest BCUT2D eigenvalue weighted by atomic mass is 32.1. The average Bonchev–Trinajstić information content (AvgIpc) is 2.78. The minimum Gasteiger partial charge on any atom is -0.465 e. The van der Waals surface area contributed by atoms with Crippen LogP contribution in [0.25, 0.3) is 0 Å². The van der Waals surface area contributed by atoms with Crippen LogP contribution in [0.15, 0.2) is 6.20 Å². The molecular weight excluding hydrogens is 224 g/mol. The van der Waals surface area contributed by atoms with Gasteiger partial charge in [0, 0.05) is 5.92 Å². The molecule has 1 saturated heterocycles. The molecule has 1 aliphatic heterocycles. The van der Waals surface area contributed by atoms with Crippen molar-refractivity contribution in [3.63, 3.8) is 0 Å². The maximum Gasteiger partial charge on any atom is 0.349 e. The van der Waals surface area contributed by atoms with Gasteiger partial charge in [-0.25, -0.2) is 9.78 Å². The van der Waals surface area contributed by atoms with Gasteiger partial charge in [-0.3, -0.25) is 0 Å². The molecule has 1 aliphatic rings. The van der Waals surface area contributed by atoms with Crippen LogP contribution in [-0.2, 0) is 4.74 Å². The number of carbonyl (C=O) groups is 1. The molecule has 0 saturated carbocycles. The number of nitrogens with zero attached hydrogens (tertiary/aromatic N) is 2. The highest BCUT2D eigenvalue weighted by Gasteiger charge is 2.22. The largest absolute Gasteiger partial charge is 0.465 e. The van der Waals surface area contributed by atoms with Crippen LogP contribution in [-0.4, -0.2) is 43.1 Å². The predicted octanol–water partition coefficient (Wildman–Crippen LogP) is 1.74. The van der Waals surface area contributed by atoms with Gasteiger partial charge < -0.3 is 9.64 Å². The zero-order valence-electron chi connectivity index (χ0n) is 9.60. The van der Waals surface area contributed by atoms with Crippen molar-refractivity contribution in [1.82, 2.24) is 9.88 Å². The Morgan fingerprint density at radius 3 is 2.88 bits per heavy atom. The van der Waals surface area contributed by atoms with E-state index in [1.807, 2.05) is 0 Å². The third kappa shape index (κ3) is 2.41. The Kier molecular flexibility index (Phi) is 3.56. The van der Waals surface area contributed by atoms with Crippen LogP contribution in [0.2, 0.25) is 0 Å². The Morgan fingerprint density at radius 2 is 2.25 bits per heavy atom. The predicted molar refractivity (Wildman–Crippen MR) is 62.9 cm³/mol. The molecule has 0 radical (unpaired) electrons. The van der Waals surface area contributed by atoms with E-state index in [1.54, 1.807) is 6.20 Å². The van der Waals surface area contributed by atoms with E-state index in [0.29, 0.717) is 10.8 Å². The second kappa shape index (κ2) is 4.93. The number of carbonyl (C=O) groups excluding carboxylic acids is 1. The molecule has 0 N–H and O–H groups in total. The minimum atomic E-state index is -0.281. The van der Waals surface area contributed by atoms with Crippen LogP contribution in [0.5, 0.6) is 0 Å². The lowest BCUT2D eigenvalue weighted by molar-refractivity contribution is 0.0606. The fourth-order valence-electron chi connectivity index (χ4n) is 1.93. The molecule has 0 amide bonds. The zero-order valence-corrected chi connectivity index (χ0v) is 10.4. The van der Waals surface area contributed by atoms with Gasteiger partial charge >= 0.3 is 5.97 Å². The summed E-state index contributed by atoms with van der Waals surface area (Å²) < 4.78 is 4.68. The van der Waals surface area contributed by atoms with Crippen molar-refractivity contribution in [3.8, 4) is 0 Å². The van der Waals surface area contributed by atoms with Crippen molar-refractivity contribution in [1.29, 1.82) is 0 Å². The van der Waals surface area contributed by atoms with Gasteiger partial charge in [-0.2, -0.15) is 0 Å². The molecule has 0 aromatic carbocycles. The Morgan fingerprint density at radius 1 is 1.56 bits per heavy atom. The van der Waals surface area contributed by atoms with Crippen molar-refractivity contribution in [2.45, 2.75) is 18.8 Å². The molecule has 16 heavy (non-hydrogen) atoms. The average molecular weight is 240 g/mol. The lowest BCUT2D eigenvalue weighted by atomic mass is 9.98. The van der Waals surface area contributed by atoms with E-state index >= 15 is 0 Å². The first-order chi connectivity index (χ1) is 7.70. The zero-order chi connectivity index (χ0) is 11.5. The maximum absolute atomic E-state index is 11.3. The SMILES string of the molecule is COC(=O)c1cnc(C2CCN(C)CC2)s1. The summed E-state index contributed by atoms with van der Waals surface area (Å²) in [6, 6.07) is 0. The Labute approximate surface area is 99.2 Å². The van der Waals surface area contributed by atoms with E-state index in [0.717, 1.165) is 30.9 Å². The summed E-state index contributed by atoms with van der Waals surface area (Å²) in [5.74, 6) is 0.233. The molecule has 2 rings (SSSR count). The summed E-state index contributed by atoms with van der Waals surface area (Å²) in [6.07, 6.45) is 3.89. The molecule has 1 fully saturated rings. The van der Waals surface area contributed by atoms with Crippen LogP contribution in [0.4, 0.5) is 0 Å². The van der Waals surface area contributed by atoms with Crippen LogP contribution in [0.3, 0.4) is 0 Å². The topological polar surface area (TPSA) is 42.4 Å². The first-order valence-electron chi connectivity index (χ1n) is 5.43. The molecule has 1 aromatic heterocycles. The summed E-state index contributed by atoms with van der Waals surface area (Å²) >= 11 is 1.47. The lowest BCUT2D eigenvalue weighted by Gasteiger charge is -2.27. The molecule has 0 unspecified atom stereocenters.